The summed E-state index contributed by atoms with van der Waals surface area (Å²) < 4.78 is 27.1. The highest BCUT2D eigenvalue weighted by atomic mass is 32.2. The second-order valence-electron chi connectivity index (χ2n) is 2.93. The summed E-state index contributed by atoms with van der Waals surface area (Å²) in [6.45, 7) is 0. The number of benzene rings is 1. The fourth-order valence-electron chi connectivity index (χ4n) is 1.17. The minimum Gasteiger partial charge on any atom is -0.496 e. The molecule has 0 fully saturated rings. The molecule has 1 aromatic rings. The predicted octanol–water partition coefficient (Wildman–Crippen LogP) is 0.122. The van der Waals surface area contributed by atoms with E-state index in [1.54, 1.807) is 0 Å². The summed E-state index contributed by atoms with van der Waals surface area (Å²) in [5, 5.41) is 24.3. The van der Waals surface area contributed by atoms with E-state index in [1.807, 2.05) is 0 Å². The fourth-order valence-corrected chi connectivity index (χ4v) is 1.89. The highest BCUT2D eigenvalue weighted by Gasteiger charge is 2.25. The molecule has 0 atom stereocenters. The molecule has 9 heteroatoms. The lowest BCUT2D eigenvalue weighted by Crippen LogP contribution is -2.15. The standard InChI is InChI=1S/C8H7N3O5S/c1-16-5-2-7(11(12)13)6(4-9)8(3-5)17(10,14)15/h2-3H,1H3,(H2,10,14,15). The molecule has 2 N–H and O–H groups in total. The van der Waals surface area contributed by atoms with Gasteiger partial charge in [0, 0.05) is 6.07 Å². The van der Waals surface area contributed by atoms with Crippen molar-refractivity contribution in [1.82, 2.24) is 0 Å². The number of nitro benzene ring substituents is 1. The Kier molecular flexibility index (Phi) is 3.31. The van der Waals surface area contributed by atoms with Crippen LogP contribution < -0.4 is 9.88 Å². The lowest BCUT2D eigenvalue weighted by molar-refractivity contribution is -0.385. The lowest BCUT2D eigenvalue weighted by Gasteiger charge is -2.05. The fraction of sp³-hybridized carbons (Fsp3) is 0.125. The van der Waals surface area contributed by atoms with Crippen molar-refractivity contribution in [2.75, 3.05) is 7.11 Å². The normalized spacial score (nSPS) is 10.6. The van der Waals surface area contributed by atoms with Crippen LogP contribution in [0.15, 0.2) is 17.0 Å². The Morgan fingerprint density at radius 1 is 1.53 bits per heavy atom. The molecule has 0 aromatic heterocycles. The third-order valence-corrected chi connectivity index (χ3v) is 2.84. The van der Waals surface area contributed by atoms with Gasteiger partial charge in [0.2, 0.25) is 10.0 Å². The van der Waals surface area contributed by atoms with Crippen molar-refractivity contribution in [3.63, 3.8) is 0 Å². The summed E-state index contributed by atoms with van der Waals surface area (Å²) >= 11 is 0. The average molecular weight is 257 g/mol. The highest BCUT2D eigenvalue weighted by Crippen LogP contribution is 2.30. The van der Waals surface area contributed by atoms with Crippen molar-refractivity contribution in [2.24, 2.45) is 5.14 Å². The molecule has 0 aliphatic rings. The molecular formula is C8H7N3O5S. The number of nitrogens with zero attached hydrogens (tertiary/aromatic N) is 2. The molecule has 1 aromatic carbocycles. The van der Waals surface area contributed by atoms with Crippen LogP contribution in [-0.4, -0.2) is 20.5 Å². The molecule has 0 unspecified atom stereocenters. The minimum absolute atomic E-state index is 0.0697. The van der Waals surface area contributed by atoms with E-state index in [0.29, 0.717) is 0 Å². The van der Waals surface area contributed by atoms with E-state index in [2.05, 4.69) is 0 Å². The molecule has 17 heavy (non-hydrogen) atoms. The molecule has 0 spiro atoms. The molecule has 0 radical (unpaired) electrons. The smallest absolute Gasteiger partial charge is 0.292 e. The average Bonchev–Trinajstić information content (AvgIpc) is 2.25. The van der Waals surface area contributed by atoms with Crippen LogP contribution in [-0.2, 0) is 10.0 Å². The summed E-state index contributed by atoms with van der Waals surface area (Å²) in [5.41, 5.74) is -1.28. The second-order valence-corrected chi connectivity index (χ2v) is 4.46. The molecule has 0 aliphatic heterocycles. The van der Waals surface area contributed by atoms with Crippen molar-refractivity contribution < 1.29 is 18.1 Å². The van der Waals surface area contributed by atoms with Gasteiger partial charge >= 0.3 is 0 Å². The molecule has 0 saturated heterocycles. The summed E-state index contributed by atoms with van der Waals surface area (Å²) in [5.74, 6) is -0.0697. The van der Waals surface area contributed by atoms with Gasteiger partial charge in [0.15, 0.2) is 0 Å². The van der Waals surface area contributed by atoms with Gasteiger partial charge in [0.1, 0.15) is 22.3 Å². The van der Waals surface area contributed by atoms with E-state index < -0.39 is 31.1 Å². The van der Waals surface area contributed by atoms with Crippen LogP contribution in [0.1, 0.15) is 5.56 Å². The Morgan fingerprint density at radius 2 is 2.12 bits per heavy atom. The number of hydrogen-bond donors (Lipinski definition) is 1. The van der Waals surface area contributed by atoms with Crippen LogP contribution in [0.5, 0.6) is 5.75 Å². The van der Waals surface area contributed by atoms with Crippen molar-refractivity contribution >= 4 is 15.7 Å². The number of hydrogen-bond acceptors (Lipinski definition) is 6. The molecule has 90 valence electrons. The summed E-state index contributed by atoms with van der Waals surface area (Å²) in [6, 6.07) is 3.36. The first kappa shape index (κ1) is 12.9. The van der Waals surface area contributed by atoms with Crippen LogP contribution >= 0.6 is 0 Å². The molecule has 0 amide bonds. The van der Waals surface area contributed by atoms with Crippen molar-refractivity contribution in [2.45, 2.75) is 4.90 Å². The maximum Gasteiger partial charge on any atom is 0.292 e. The molecule has 0 saturated carbocycles. The molecule has 0 bridgehead atoms. The molecule has 0 aliphatic carbocycles. The third kappa shape index (κ3) is 2.49. The van der Waals surface area contributed by atoms with Crippen LogP contribution in [0.25, 0.3) is 0 Å². The largest absolute Gasteiger partial charge is 0.496 e. The first-order valence-corrected chi connectivity index (χ1v) is 5.65. The van der Waals surface area contributed by atoms with Crippen LogP contribution in [0, 0.1) is 21.4 Å². The summed E-state index contributed by atoms with van der Waals surface area (Å²) in [7, 11) is -3.03. The Bertz CT molecular complexity index is 617. The van der Waals surface area contributed by atoms with Crippen molar-refractivity contribution in [3.05, 3.63) is 27.8 Å². The summed E-state index contributed by atoms with van der Waals surface area (Å²) in [4.78, 5) is 9.18. The number of methoxy groups -OCH3 is 1. The second kappa shape index (κ2) is 4.36. The van der Waals surface area contributed by atoms with Gasteiger partial charge in [-0.25, -0.2) is 13.6 Å². The molecular weight excluding hydrogens is 250 g/mol. The third-order valence-electron chi connectivity index (χ3n) is 1.91. The Morgan fingerprint density at radius 3 is 2.47 bits per heavy atom. The van der Waals surface area contributed by atoms with Gasteiger partial charge in [-0.15, -0.1) is 0 Å². The SMILES string of the molecule is COc1cc([N+](=O)[O-])c(C#N)c(S(N)(=O)=O)c1. The van der Waals surface area contributed by atoms with Gasteiger partial charge < -0.3 is 4.74 Å². The number of nitriles is 1. The number of primary sulfonamides is 1. The van der Waals surface area contributed by atoms with Gasteiger partial charge in [-0.2, -0.15) is 5.26 Å². The Labute approximate surface area is 96.4 Å². The van der Waals surface area contributed by atoms with Crippen molar-refractivity contribution in [3.8, 4) is 11.8 Å². The van der Waals surface area contributed by atoms with Crippen LogP contribution in [0.3, 0.4) is 0 Å². The maximum atomic E-state index is 11.2. The molecule has 1 rings (SSSR count). The lowest BCUT2D eigenvalue weighted by atomic mass is 10.2. The van der Waals surface area contributed by atoms with Gasteiger partial charge in [0.25, 0.3) is 5.69 Å². The first-order valence-electron chi connectivity index (χ1n) is 4.10. The zero-order valence-electron chi connectivity index (χ0n) is 8.58. The molecule has 8 nitrogen and oxygen atoms in total. The number of nitrogens with two attached hydrogens (primary N) is 1. The zero-order chi connectivity index (χ0) is 13.2. The molecule has 0 heterocycles. The first-order chi connectivity index (χ1) is 7.81. The van der Waals surface area contributed by atoms with E-state index in [0.717, 1.165) is 12.1 Å². The monoisotopic (exact) mass is 257 g/mol. The number of ether oxygens (including phenoxy) is 1. The predicted molar refractivity (Wildman–Crippen MR) is 55.7 cm³/mol. The van der Waals surface area contributed by atoms with Gasteiger partial charge in [-0.05, 0) is 0 Å². The quantitative estimate of drug-likeness (QED) is 0.603. The van der Waals surface area contributed by atoms with E-state index in [1.165, 1.54) is 13.2 Å². The van der Waals surface area contributed by atoms with Crippen LogP contribution in [0.4, 0.5) is 5.69 Å². The van der Waals surface area contributed by atoms with E-state index in [-0.39, 0.29) is 5.75 Å². The summed E-state index contributed by atoms with van der Waals surface area (Å²) in [6.07, 6.45) is 0. The Hall–Kier alpha value is -2.18. The van der Waals surface area contributed by atoms with E-state index >= 15 is 0 Å². The Balaban J connectivity index is 3.77. The number of rotatable bonds is 3. The van der Waals surface area contributed by atoms with E-state index in [4.69, 9.17) is 15.1 Å². The topological polar surface area (TPSA) is 136 Å². The minimum atomic E-state index is -4.24. The van der Waals surface area contributed by atoms with E-state index in [9.17, 15) is 18.5 Å². The van der Waals surface area contributed by atoms with Gasteiger partial charge in [0.05, 0.1) is 18.1 Å². The van der Waals surface area contributed by atoms with Gasteiger partial charge in [-0.3, -0.25) is 10.1 Å². The highest BCUT2D eigenvalue weighted by molar-refractivity contribution is 7.89. The number of nitro groups is 1. The number of sulfonamides is 1. The maximum absolute atomic E-state index is 11.2. The van der Waals surface area contributed by atoms with Crippen molar-refractivity contribution in [1.29, 1.82) is 5.26 Å². The van der Waals surface area contributed by atoms with Crippen LogP contribution in [0.2, 0.25) is 0 Å². The van der Waals surface area contributed by atoms with Gasteiger partial charge in [-0.1, -0.05) is 0 Å². The zero-order valence-corrected chi connectivity index (χ0v) is 9.39.